The Kier molecular flexibility index (Phi) is 1.62. The third-order valence-electron chi connectivity index (χ3n) is 2.07. The number of hydrogen-bond donors (Lipinski definition) is 0. The van der Waals surface area contributed by atoms with Crippen molar-refractivity contribution in [1.82, 2.24) is 14.6 Å². The molecule has 0 aromatic carbocycles. The molecule has 2 rings (SSSR count). The first-order chi connectivity index (χ1) is 6.20. The van der Waals surface area contributed by atoms with Crippen LogP contribution in [0.5, 0.6) is 0 Å². The Morgan fingerprint density at radius 2 is 2.15 bits per heavy atom. The molecule has 0 bridgehead atoms. The number of aryl methyl sites for hydroxylation is 1. The second kappa shape index (κ2) is 2.65. The van der Waals surface area contributed by atoms with Crippen molar-refractivity contribution < 1.29 is 0 Å². The van der Waals surface area contributed by atoms with E-state index in [1.54, 1.807) is 25.3 Å². The molecular formula is C9H9N3O. The van der Waals surface area contributed by atoms with E-state index in [0.29, 0.717) is 11.2 Å². The molecule has 0 aliphatic heterocycles. The van der Waals surface area contributed by atoms with Crippen molar-refractivity contribution in [2.24, 2.45) is 0 Å². The van der Waals surface area contributed by atoms with Gasteiger partial charge in [0.15, 0.2) is 5.65 Å². The highest BCUT2D eigenvalue weighted by Gasteiger charge is 2.04. The fraction of sp³-hybridized carbons (Fsp3) is 0.222. The molecule has 66 valence electrons. The number of rotatable bonds is 0. The summed E-state index contributed by atoms with van der Waals surface area (Å²) < 4.78 is 1.31. The molecule has 0 atom stereocenters. The lowest BCUT2D eigenvalue weighted by molar-refractivity contribution is 0.844. The minimum Gasteiger partial charge on any atom is -0.267 e. The molecule has 0 amide bonds. The topological polar surface area (TPSA) is 47.3 Å². The normalized spacial score (nSPS) is 10.6. The first-order valence-electron chi connectivity index (χ1n) is 4.01. The predicted molar refractivity (Wildman–Crippen MR) is 48.7 cm³/mol. The van der Waals surface area contributed by atoms with Gasteiger partial charge in [0.2, 0.25) is 0 Å². The van der Waals surface area contributed by atoms with E-state index in [1.807, 2.05) is 6.92 Å². The van der Waals surface area contributed by atoms with Crippen molar-refractivity contribution in [1.29, 1.82) is 0 Å². The van der Waals surface area contributed by atoms with Gasteiger partial charge in [-0.2, -0.15) is 9.61 Å². The third kappa shape index (κ3) is 1.11. The molecule has 0 saturated carbocycles. The molecule has 0 fully saturated rings. The largest absolute Gasteiger partial charge is 0.277 e. The van der Waals surface area contributed by atoms with Crippen LogP contribution in [0.25, 0.3) is 5.65 Å². The Hall–Kier alpha value is -1.71. The van der Waals surface area contributed by atoms with E-state index < -0.39 is 0 Å². The Bertz CT molecular complexity index is 516. The Labute approximate surface area is 74.9 Å². The van der Waals surface area contributed by atoms with Crippen LogP contribution >= 0.6 is 0 Å². The van der Waals surface area contributed by atoms with Crippen LogP contribution in [0.3, 0.4) is 0 Å². The van der Waals surface area contributed by atoms with Crippen LogP contribution < -0.4 is 5.56 Å². The second-order valence-electron chi connectivity index (χ2n) is 2.92. The third-order valence-corrected chi connectivity index (χ3v) is 2.07. The van der Waals surface area contributed by atoms with Gasteiger partial charge in [-0.1, -0.05) is 0 Å². The minimum absolute atomic E-state index is 0.0944. The zero-order valence-electron chi connectivity index (χ0n) is 7.48. The molecule has 0 aliphatic rings. The molecule has 4 nitrogen and oxygen atoms in total. The molecule has 2 heterocycles. The van der Waals surface area contributed by atoms with E-state index in [4.69, 9.17) is 0 Å². The van der Waals surface area contributed by atoms with E-state index in [-0.39, 0.29) is 5.56 Å². The Morgan fingerprint density at radius 1 is 1.38 bits per heavy atom. The maximum absolute atomic E-state index is 11.6. The van der Waals surface area contributed by atoms with E-state index in [9.17, 15) is 4.79 Å². The van der Waals surface area contributed by atoms with Gasteiger partial charge in [0.25, 0.3) is 5.56 Å². The van der Waals surface area contributed by atoms with Gasteiger partial charge in [-0.25, -0.2) is 4.98 Å². The van der Waals surface area contributed by atoms with Gasteiger partial charge in [0.1, 0.15) is 0 Å². The van der Waals surface area contributed by atoms with Crippen LogP contribution in [0.2, 0.25) is 0 Å². The van der Waals surface area contributed by atoms with E-state index in [0.717, 1.165) is 5.69 Å². The highest BCUT2D eigenvalue weighted by Crippen LogP contribution is 1.99. The summed E-state index contributed by atoms with van der Waals surface area (Å²) in [5, 5.41) is 3.92. The lowest BCUT2D eigenvalue weighted by Gasteiger charge is -2.01. The number of fused-ring (bicyclic) bond motifs is 1. The van der Waals surface area contributed by atoms with Gasteiger partial charge in [-0.05, 0) is 26.0 Å². The molecule has 0 aliphatic carbocycles. The lowest BCUT2D eigenvalue weighted by Crippen LogP contribution is -2.21. The summed E-state index contributed by atoms with van der Waals surface area (Å²) in [6.45, 7) is 3.58. The van der Waals surface area contributed by atoms with Crippen molar-refractivity contribution in [2.75, 3.05) is 0 Å². The van der Waals surface area contributed by atoms with E-state index in [1.165, 1.54) is 4.52 Å². The molecular weight excluding hydrogens is 166 g/mol. The summed E-state index contributed by atoms with van der Waals surface area (Å²) >= 11 is 0. The average Bonchev–Trinajstić information content (AvgIpc) is 2.15. The summed E-state index contributed by atoms with van der Waals surface area (Å²) in [7, 11) is 0. The van der Waals surface area contributed by atoms with Gasteiger partial charge in [0, 0.05) is 17.5 Å². The first kappa shape index (κ1) is 7.91. The molecule has 0 radical (unpaired) electrons. The highest BCUT2D eigenvalue weighted by molar-refractivity contribution is 5.37. The number of hydrogen-bond acceptors (Lipinski definition) is 3. The first-order valence-corrected chi connectivity index (χ1v) is 4.01. The van der Waals surface area contributed by atoms with Crippen molar-refractivity contribution >= 4 is 5.65 Å². The van der Waals surface area contributed by atoms with Crippen LogP contribution in [0.15, 0.2) is 23.1 Å². The smallest absolute Gasteiger partial charge is 0.267 e. The average molecular weight is 175 g/mol. The molecule has 2 aromatic rings. The Morgan fingerprint density at radius 3 is 2.92 bits per heavy atom. The van der Waals surface area contributed by atoms with E-state index in [2.05, 4.69) is 10.1 Å². The summed E-state index contributed by atoms with van der Waals surface area (Å²) in [6.07, 6.45) is 1.57. The van der Waals surface area contributed by atoms with Crippen LogP contribution in [-0.4, -0.2) is 14.6 Å². The van der Waals surface area contributed by atoms with Crippen LogP contribution in [-0.2, 0) is 0 Å². The predicted octanol–water partition coefficient (Wildman–Crippen LogP) is 0.706. The summed E-state index contributed by atoms with van der Waals surface area (Å²) in [4.78, 5) is 15.8. The van der Waals surface area contributed by atoms with Gasteiger partial charge in [-0.15, -0.1) is 0 Å². The summed E-state index contributed by atoms with van der Waals surface area (Å²) in [5.74, 6) is 0. The fourth-order valence-electron chi connectivity index (χ4n) is 1.17. The van der Waals surface area contributed by atoms with Gasteiger partial charge in [-0.3, -0.25) is 4.79 Å². The van der Waals surface area contributed by atoms with Crippen molar-refractivity contribution in [3.05, 3.63) is 39.9 Å². The zero-order valence-corrected chi connectivity index (χ0v) is 7.48. The number of nitrogens with zero attached hydrogens (tertiary/aromatic N) is 3. The minimum atomic E-state index is -0.0944. The maximum Gasteiger partial charge on any atom is 0.277 e. The molecule has 0 N–H and O–H groups in total. The standard InChI is InChI=1S/C9H9N3O/c1-6-7(2)11-8-4-3-5-10-12(8)9(6)13/h3-5H,1-2H3. The second-order valence-corrected chi connectivity index (χ2v) is 2.92. The van der Waals surface area contributed by atoms with Crippen molar-refractivity contribution in [2.45, 2.75) is 13.8 Å². The molecule has 2 aromatic heterocycles. The number of aromatic nitrogens is 3. The van der Waals surface area contributed by atoms with Crippen LogP contribution in [0, 0.1) is 13.8 Å². The molecule has 0 saturated heterocycles. The summed E-state index contributed by atoms with van der Waals surface area (Å²) in [5.41, 5.74) is 1.91. The Balaban J connectivity index is 3.03. The summed E-state index contributed by atoms with van der Waals surface area (Å²) in [6, 6.07) is 3.53. The monoisotopic (exact) mass is 175 g/mol. The molecule has 13 heavy (non-hydrogen) atoms. The van der Waals surface area contributed by atoms with Crippen molar-refractivity contribution in [3.8, 4) is 0 Å². The molecule has 0 spiro atoms. The van der Waals surface area contributed by atoms with Crippen LogP contribution in [0.1, 0.15) is 11.3 Å². The SMILES string of the molecule is Cc1nc2cccnn2c(=O)c1C. The van der Waals surface area contributed by atoms with Gasteiger partial charge < -0.3 is 0 Å². The maximum atomic E-state index is 11.6. The van der Waals surface area contributed by atoms with Crippen LogP contribution in [0.4, 0.5) is 0 Å². The highest BCUT2D eigenvalue weighted by atomic mass is 16.1. The molecule has 4 heteroatoms. The fourth-order valence-corrected chi connectivity index (χ4v) is 1.17. The van der Waals surface area contributed by atoms with Gasteiger partial charge >= 0.3 is 0 Å². The molecule has 0 unspecified atom stereocenters. The van der Waals surface area contributed by atoms with Crippen molar-refractivity contribution in [3.63, 3.8) is 0 Å². The van der Waals surface area contributed by atoms with Gasteiger partial charge in [0.05, 0.1) is 0 Å². The van der Waals surface area contributed by atoms with E-state index >= 15 is 0 Å². The lowest BCUT2D eigenvalue weighted by atomic mass is 10.3. The quantitative estimate of drug-likeness (QED) is 0.592. The zero-order chi connectivity index (χ0) is 9.42.